The fourth-order valence-corrected chi connectivity index (χ4v) is 3.21. The van der Waals surface area contributed by atoms with E-state index < -0.39 is 0 Å². The molecule has 17 heavy (non-hydrogen) atoms. The second-order valence-electron chi connectivity index (χ2n) is 5.25. The minimum absolute atomic E-state index is 0.165. The Balaban J connectivity index is 1.72. The van der Waals surface area contributed by atoms with Gasteiger partial charge in [0, 0.05) is 25.9 Å². The molecule has 3 unspecified atom stereocenters. The van der Waals surface area contributed by atoms with Crippen molar-refractivity contribution < 1.29 is 4.74 Å². The maximum absolute atomic E-state index is 9.48. The van der Waals surface area contributed by atoms with E-state index in [2.05, 4.69) is 11.1 Å². The van der Waals surface area contributed by atoms with Crippen molar-refractivity contribution in [3.63, 3.8) is 0 Å². The van der Waals surface area contributed by atoms with Crippen LogP contribution >= 0.6 is 0 Å². The van der Waals surface area contributed by atoms with Crippen molar-refractivity contribution in [3.05, 3.63) is 18.2 Å². The first-order valence-corrected chi connectivity index (χ1v) is 6.26. The van der Waals surface area contributed by atoms with Gasteiger partial charge in [-0.05, 0) is 25.7 Å². The molecule has 3 heterocycles. The highest BCUT2D eigenvalue weighted by Gasteiger charge is 2.52. The monoisotopic (exact) mass is 231 g/mol. The molecule has 4 nitrogen and oxygen atoms in total. The van der Waals surface area contributed by atoms with Crippen LogP contribution in [0.25, 0.3) is 0 Å². The largest absolute Gasteiger partial charge is 0.373 e. The average Bonchev–Trinajstić information content (AvgIpc) is 3.02. The zero-order valence-electron chi connectivity index (χ0n) is 10.1. The molecule has 0 amide bonds. The smallest absolute Gasteiger partial charge is 0.108 e. The number of imidazole rings is 1. The van der Waals surface area contributed by atoms with E-state index >= 15 is 0 Å². The summed E-state index contributed by atoms with van der Waals surface area (Å²) < 4.78 is 7.86. The third kappa shape index (κ3) is 1.66. The average molecular weight is 231 g/mol. The van der Waals surface area contributed by atoms with Gasteiger partial charge in [0.15, 0.2) is 0 Å². The maximum Gasteiger partial charge on any atom is 0.108 e. The predicted octanol–water partition coefficient (Wildman–Crippen LogP) is 1.81. The quantitative estimate of drug-likeness (QED) is 0.797. The Hall–Kier alpha value is -1.34. The van der Waals surface area contributed by atoms with E-state index in [4.69, 9.17) is 4.74 Å². The topological polar surface area (TPSA) is 50.8 Å². The van der Waals surface area contributed by atoms with Crippen molar-refractivity contribution in [2.45, 2.75) is 44.3 Å². The SMILES string of the molecule is Cn1ccnc1CCC1(C#N)CC2CCC1O2. The van der Waals surface area contributed by atoms with E-state index in [1.54, 1.807) is 0 Å². The number of ether oxygens (including phenoxy) is 1. The molecule has 90 valence electrons. The highest BCUT2D eigenvalue weighted by atomic mass is 16.5. The minimum atomic E-state index is -0.255. The Morgan fingerprint density at radius 3 is 3.06 bits per heavy atom. The maximum atomic E-state index is 9.48. The van der Waals surface area contributed by atoms with Gasteiger partial charge in [-0.15, -0.1) is 0 Å². The van der Waals surface area contributed by atoms with Crippen LogP contribution in [0, 0.1) is 16.7 Å². The molecule has 1 aromatic rings. The molecule has 2 aliphatic heterocycles. The predicted molar refractivity (Wildman–Crippen MR) is 62.1 cm³/mol. The number of aromatic nitrogens is 2. The van der Waals surface area contributed by atoms with Gasteiger partial charge in [-0.3, -0.25) is 0 Å². The number of hydrogen-bond donors (Lipinski definition) is 0. The molecule has 1 aromatic heterocycles. The molecule has 0 aliphatic carbocycles. The lowest BCUT2D eigenvalue weighted by Crippen LogP contribution is -2.31. The third-order valence-corrected chi connectivity index (χ3v) is 4.25. The van der Waals surface area contributed by atoms with Gasteiger partial charge in [-0.2, -0.15) is 5.26 Å². The van der Waals surface area contributed by atoms with Crippen molar-refractivity contribution >= 4 is 0 Å². The molecule has 2 bridgehead atoms. The van der Waals surface area contributed by atoms with Gasteiger partial charge >= 0.3 is 0 Å². The highest BCUT2D eigenvalue weighted by molar-refractivity contribution is 5.13. The van der Waals surface area contributed by atoms with Gasteiger partial charge in [0.2, 0.25) is 0 Å². The van der Waals surface area contributed by atoms with Crippen LogP contribution in [0.1, 0.15) is 31.5 Å². The van der Waals surface area contributed by atoms with E-state index in [1.165, 1.54) is 0 Å². The Bertz CT molecular complexity index is 461. The molecule has 0 radical (unpaired) electrons. The summed E-state index contributed by atoms with van der Waals surface area (Å²) in [6.07, 6.45) is 9.10. The van der Waals surface area contributed by atoms with E-state index in [9.17, 15) is 5.26 Å². The van der Waals surface area contributed by atoms with Gasteiger partial charge in [0.25, 0.3) is 0 Å². The Morgan fingerprint density at radius 1 is 1.65 bits per heavy atom. The zero-order valence-corrected chi connectivity index (χ0v) is 10.1. The minimum Gasteiger partial charge on any atom is -0.373 e. The summed E-state index contributed by atoms with van der Waals surface area (Å²) in [4.78, 5) is 4.32. The summed E-state index contributed by atoms with van der Waals surface area (Å²) >= 11 is 0. The summed E-state index contributed by atoms with van der Waals surface area (Å²) in [6, 6.07) is 2.53. The van der Waals surface area contributed by atoms with Crippen LogP contribution in [0.3, 0.4) is 0 Å². The first kappa shape index (κ1) is 10.8. The Morgan fingerprint density at radius 2 is 2.53 bits per heavy atom. The fraction of sp³-hybridized carbons (Fsp3) is 0.692. The number of nitrogens with zero attached hydrogens (tertiary/aromatic N) is 3. The molecule has 0 N–H and O–H groups in total. The van der Waals surface area contributed by atoms with Crippen molar-refractivity contribution in [1.82, 2.24) is 9.55 Å². The summed E-state index contributed by atoms with van der Waals surface area (Å²) in [6.45, 7) is 0. The molecule has 2 aliphatic rings. The molecule has 3 atom stereocenters. The van der Waals surface area contributed by atoms with E-state index in [-0.39, 0.29) is 11.5 Å². The number of fused-ring (bicyclic) bond motifs is 2. The van der Waals surface area contributed by atoms with Crippen LogP contribution in [0.2, 0.25) is 0 Å². The first-order valence-electron chi connectivity index (χ1n) is 6.26. The van der Waals surface area contributed by atoms with Crippen molar-refractivity contribution in [1.29, 1.82) is 5.26 Å². The Labute approximate surface area is 101 Å². The van der Waals surface area contributed by atoms with E-state index in [1.807, 2.05) is 24.0 Å². The zero-order chi connectivity index (χ0) is 11.9. The second kappa shape index (κ2) is 3.85. The van der Waals surface area contributed by atoms with Gasteiger partial charge in [-0.1, -0.05) is 0 Å². The van der Waals surface area contributed by atoms with Crippen molar-refractivity contribution in [2.75, 3.05) is 0 Å². The second-order valence-corrected chi connectivity index (χ2v) is 5.25. The van der Waals surface area contributed by atoms with Crippen LogP contribution in [0.5, 0.6) is 0 Å². The van der Waals surface area contributed by atoms with Gasteiger partial charge in [-0.25, -0.2) is 4.98 Å². The van der Waals surface area contributed by atoms with E-state index in [0.29, 0.717) is 6.10 Å². The molecule has 3 rings (SSSR count). The van der Waals surface area contributed by atoms with Gasteiger partial charge in [0.05, 0.1) is 23.7 Å². The van der Waals surface area contributed by atoms with E-state index in [0.717, 1.165) is 37.9 Å². The number of nitriles is 1. The summed E-state index contributed by atoms with van der Waals surface area (Å²) in [7, 11) is 2.00. The molecule has 2 fully saturated rings. The molecular weight excluding hydrogens is 214 g/mol. The molecular formula is C13H17N3O. The number of hydrogen-bond acceptors (Lipinski definition) is 3. The summed E-state index contributed by atoms with van der Waals surface area (Å²) in [5.41, 5.74) is -0.255. The standard InChI is InChI=1S/C13H17N3O/c1-16-7-6-15-12(16)4-5-13(9-14)8-10-2-3-11(13)17-10/h6-7,10-11H,2-5,8H2,1H3. The normalized spacial score (nSPS) is 35.1. The van der Waals surface area contributed by atoms with Crippen LogP contribution in [-0.4, -0.2) is 21.8 Å². The fourth-order valence-electron chi connectivity index (χ4n) is 3.21. The van der Waals surface area contributed by atoms with Gasteiger partial charge in [0.1, 0.15) is 5.82 Å². The van der Waals surface area contributed by atoms with Gasteiger partial charge < -0.3 is 9.30 Å². The first-order chi connectivity index (χ1) is 8.23. The Kier molecular flexibility index (Phi) is 2.44. The molecule has 0 aromatic carbocycles. The highest BCUT2D eigenvalue weighted by Crippen LogP contribution is 2.49. The van der Waals surface area contributed by atoms with Crippen molar-refractivity contribution in [3.8, 4) is 6.07 Å². The molecule has 0 saturated carbocycles. The van der Waals surface area contributed by atoms with Crippen molar-refractivity contribution in [2.24, 2.45) is 12.5 Å². The van der Waals surface area contributed by atoms with Crippen LogP contribution < -0.4 is 0 Å². The lowest BCUT2D eigenvalue weighted by Gasteiger charge is -2.27. The van der Waals surface area contributed by atoms with Crippen LogP contribution in [0.15, 0.2) is 12.4 Å². The molecule has 0 spiro atoms. The lowest BCUT2D eigenvalue weighted by molar-refractivity contribution is 0.0762. The van der Waals surface area contributed by atoms with Crippen LogP contribution in [-0.2, 0) is 18.2 Å². The lowest BCUT2D eigenvalue weighted by atomic mass is 9.72. The summed E-state index contributed by atoms with van der Waals surface area (Å²) in [5, 5.41) is 9.48. The van der Waals surface area contributed by atoms with Crippen LogP contribution in [0.4, 0.5) is 0 Å². The third-order valence-electron chi connectivity index (χ3n) is 4.25. The number of aryl methyl sites for hydroxylation is 2. The summed E-state index contributed by atoms with van der Waals surface area (Å²) in [5.74, 6) is 1.06. The number of rotatable bonds is 3. The molecule has 2 saturated heterocycles. The molecule has 4 heteroatoms.